The predicted molar refractivity (Wildman–Crippen MR) is 419 cm³/mol. The van der Waals surface area contributed by atoms with Crippen LogP contribution >= 0.6 is 0 Å². The van der Waals surface area contributed by atoms with Gasteiger partial charge in [0.2, 0.25) is 0 Å². The van der Waals surface area contributed by atoms with Crippen LogP contribution in [0.15, 0.2) is 340 Å². The van der Waals surface area contributed by atoms with Gasteiger partial charge < -0.3 is 13.9 Å². The molecular weight excluding hydrogens is 1190 g/mol. The highest BCUT2D eigenvalue weighted by atomic mass is 16.5. The summed E-state index contributed by atoms with van der Waals surface area (Å²) in [6, 6.07) is 125. The molecule has 0 radical (unpaired) electrons. The molecule has 0 atom stereocenters. The number of ether oxygens (including phenoxy) is 1. The number of rotatable bonds is 8. The van der Waals surface area contributed by atoms with Gasteiger partial charge in [-0.25, -0.2) is 0 Å². The molecular formula is C95H68N2O. The van der Waals surface area contributed by atoms with Crippen LogP contribution in [0, 0.1) is 0 Å². The number of benzene rings is 17. The van der Waals surface area contributed by atoms with Gasteiger partial charge in [0, 0.05) is 32.9 Å². The van der Waals surface area contributed by atoms with Crippen molar-refractivity contribution in [2.75, 3.05) is 7.11 Å². The SMILES string of the molecule is CC(C)(C)c1ccc2c(-c3ccccc3)c3ccccc3c(-c3ccc(-n4c5ccccc5c5ccccc54)cc3)c2c1.COc1ccc2cc(-c3c4ccccc4c(-c4cccc(-c5ccc6c(c5)c5ccccc5n6-c5ccc6ccccc6c5)c4)c4ccccc34)ccc2c1. The smallest absolute Gasteiger partial charge is 0.119 e. The van der Waals surface area contributed by atoms with Gasteiger partial charge in [-0.05, 0) is 216 Å². The minimum absolute atomic E-state index is 0.0460. The van der Waals surface area contributed by atoms with Crippen LogP contribution in [0.2, 0.25) is 0 Å². The van der Waals surface area contributed by atoms with Crippen LogP contribution in [0.4, 0.5) is 0 Å². The third-order valence-electron chi connectivity index (χ3n) is 20.4. The van der Waals surface area contributed by atoms with Gasteiger partial charge in [0.1, 0.15) is 5.75 Å². The van der Waals surface area contributed by atoms with E-state index in [2.05, 4.69) is 364 Å². The van der Waals surface area contributed by atoms with E-state index in [1.54, 1.807) is 7.11 Å². The van der Waals surface area contributed by atoms with Crippen molar-refractivity contribution >= 4 is 108 Å². The maximum absolute atomic E-state index is 5.51. The fraction of sp³-hybridized carbons (Fsp3) is 0.0526. The van der Waals surface area contributed by atoms with E-state index in [1.165, 1.54) is 181 Å². The molecule has 464 valence electrons. The molecule has 19 aromatic rings. The van der Waals surface area contributed by atoms with Gasteiger partial charge in [-0.3, -0.25) is 0 Å². The number of hydrogen-bond acceptors (Lipinski definition) is 1. The fourth-order valence-corrected chi connectivity index (χ4v) is 15.7. The molecule has 0 aliphatic carbocycles. The van der Waals surface area contributed by atoms with Crippen LogP contribution in [-0.4, -0.2) is 16.2 Å². The summed E-state index contributed by atoms with van der Waals surface area (Å²) >= 11 is 0. The number of methoxy groups -OCH3 is 1. The van der Waals surface area contributed by atoms with Gasteiger partial charge in [0.15, 0.2) is 0 Å². The number of para-hydroxylation sites is 3. The molecule has 0 bridgehead atoms. The molecule has 0 spiro atoms. The van der Waals surface area contributed by atoms with Crippen molar-refractivity contribution in [1.82, 2.24) is 9.13 Å². The van der Waals surface area contributed by atoms with Crippen LogP contribution in [0.5, 0.6) is 5.75 Å². The Balaban J connectivity index is 0.000000147. The molecule has 19 rings (SSSR count). The Kier molecular flexibility index (Phi) is 14.0. The number of nitrogens with zero attached hydrogens (tertiary/aromatic N) is 2. The lowest BCUT2D eigenvalue weighted by Crippen LogP contribution is -2.10. The Hall–Kier alpha value is -12.3. The molecule has 0 aliphatic rings. The molecule has 0 saturated heterocycles. The number of fused-ring (bicyclic) bond motifs is 12. The molecule has 17 aromatic carbocycles. The van der Waals surface area contributed by atoms with Crippen LogP contribution in [0.3, 0.4) is 0 Å². The lowest BCUT2D eigenvalue weighted by atomic mass is 9.81. The van der Waals surface area contributed by atoms with E-state index < -0.39 is 0 Å². The summed E-state index contributed by atoms with van der Waals surface area (Å²) in [5, 5.41) is 20.1. The molecule has 3 heteroatoms. The van der Waals surface area contributed by atoms with E-state index >= 15 is 0 Å². The molecule has 0 fully saturated rings. The molecule has 0 aliphatic heterocycles. The van der Waals surface area contributed by atoms with Crippen LogP contribution < -0.4 is 4.74 Å². The van der Waals surface area contributed by atoms with Crippen molar-refractivity contribution in [3.63, 3.8) is 0 Å². The first-order valence-corrected chi connectivity index (χ1v) is 34.0. The minimum atomic E-state index is 0.0460. The highest BCUT2D eigenvalue weighted by Crippen LogP contribution is 2.48. The van der Waals surface area contributed by atoms with Gasteiger partial charge in [-0.1, -0.05) is 276 Å². The van der Waals surface area contributed by atoms with Crippen molar-refractivity contribution < 1.29 is 4.74 Å². The fourth-order valence-electron chi connectivity index (χ4n) is 15.7. The quantitative estimate of drug-likeness (QED) is 0.139. The first-order valence-electron chi connectivity index (χ1n) is 34.0. The van der Waals surface area contributed by atoms with E-state index in [9.17, 15) is 0 Å². The third kappa shape index (κ3) is 9.80. The first kappa shape index (κ1) is 58.3. The van der Waals surface area contributed by atoms with Gasteiger partial charge in [-0.2, -0.15) is 0 Å². The van der Waals surface area contributed by atoms with Gasteiger partial charge in [-0.15, -0.1) is 0 Å². The topological polar surface area (TPSA) is 19.1 Å². The second-order valence-electron chi connectivity index (χ2n) is 27.1. The average Bonchev–Trinajstić information content (AvgIpc) is 1.03. The maximum atomic E-state index is 5.51. The zero-order valence-electron chi connectivity index (χ0n) is 55.1. The van der Waals surface area contributed by atoms with Crippen molar-refractivity contribution in [2.24, 2.45) is 0 Å². The Morgan fingerprint density at radius 1 is 0.224 bits per heavy atom. The molecule has 2 heterocycles. The Labute approximate surface area is 569 Å². The highest BCUT2D eigenvalue weighted by Gasteiger charge is 2.23. The van der Waals surface area contributed by atoms with Gasteiger partial charge in [0.05, 0.1) is 29.2 Å². The van der Waals surface area contributed by atoms with E-state index in [0.29, 0.717) is 0 Å². The molecule has 0 saturated carbocycles. The minimum Gasteiger partial charge on any atom is -0.497 e. The summed E-state index contributed by atoms with van der Waals surface area (Å²) in [6.07, 6.45) is 0. The second-order valence-corrected chi connectivity index (χ2v) is 27.1. The summed E-state index contributed by atoms with van der Waals surface area (Å²) in [6.45, 7) is 6.90. The van der Waals surface area contributed by atoms with Crippen LogP contribution in [0.25, 0.3) is 175 Å². The van der Waals surface area contributed by atoms with E-state index in [1.807, 2.05) is 6.07 Å². The average molecular weight is 1250 g/mol. The van der Waals surface area contributed by atoms with E-state index in [-0.39, 0.29) is 5.41 Å². The number of hydrogen-bond donors (Lipinski definition) is 0. The lowest BCUT2D eigenvalue weighted by Gasteiger charge is -2.23. The Morgan fingerprint density at radius 2 is 0.612 bits per heavy atom. The summed E-state index contributed by atoms with van der Waals surface area (Å²) < 4.78 is 10.3. The largest absolute Gasteiger partial charge is 0.497 e. The molecule has 0 amide bonds. The summed E-state index contributed by atoms with van der Waals surface area (Å²) in [4.78, 5) is 0. The van der Waals surface area contributed by atoms with Crippen molar-refractivity contribution in [1.29, 1.82) is 0 Å². The number of aromatic nitrogens is 2. The van der Waals surface area contributed by atoms with Crippen molar-refractivity contribution in [3.8, 4) is 72.8 Å². The lowest BCUT2D eigenvalue weighted by molar-refractivity contribution is 0.415. The molecule has 98 heavy (non-hydrogen) atoms. The summed E-state index contributed by atoms with van der Waals surface area (Å²) in [7, 11) is 1.72. The van der Waals surface area contributed by atoms with Gasteiger partial charge >= 0.3 is 0 Å². The predicted octanol–water partition coefficient (Wildman–Crippen LogP) is 26.1. The third-order valence-corrected chi connectivity index (χ3v) is 20.4. The van der Waals surface area contributed by atoms with Crippen molar-refractivity contribution in [3.05, 3.63) is 345 Å². The van der Waals surface area contributed by atoms with E-state index in [0.717, 1.165) is 5.75 Å². The monoisotopic (exact) mass is 1250 g/mol. The van der Waals surface area contributed by atoms with Gasteiger partial charge in [0.25, 0.3) is 0 Å². The summed E-state index contributed by atoms with van der Waals surface area (Å²) in [5.74, 6) is 0.871. The Morgan fingerprint density at radius 3 is 1.21 bits per heavy atom. The standard InChI is InChI=1S/C53H35NO.C42H33N/c1-55-43-27-24-37-30-41(22-21-38(37)32-43)53-47-18-6-4-16-45(47)52(46-17-5-7-19-48(46)53)40-14-10-13-35(29-40)39-25-28-51-49(33-39)44-15-8-9-20-50(44)54(51)42-26-23-34-11-2-3-12-36(34)31-42;1-42(2,3)30-23-26-36-37(27-30)41(35-18-8-7-17-34(35)40(36)28-13-5-4-6-14-28)29-21-24-31(25-22-29)43-38-19-11-9-15-32(38)33-16-10-12-20-39(33)43/h2-33H,1H3;4-27H,1-3H3. The molecule has 3 nitrogen and oxygen atoms in total. The molecule has 0 N–H and O–H groups in total. The van der Waals surface area contributed by atoms with Crippen LogP contribution in [0.1, 0.15) is 26.3 Å². The second kappa shape index (κ2) is 23.6. The maximum Gasteiger partial charge on any atom is 0.119 e. The van der Waals surface area contributed by atoms with E-state index in [4.69, 9.17) is 4.74 Å². The zero-order valence-corrected chi connectivity index (χ0v) is 55.1. The highest BCUT2D eigenvalue weighted by molar-refractivity contribution is 6.24. The first-order chi connectivity index (χ1) is 48.2. The van der Waals surface area contributed by atoms with Crippen LogP contribution in [-0.2, 0) is 5.41 Å². The normalized spacial score (nSPS) is 11.9. The zero-order chi connectivity index (χ0) is 65.6. The van der Waals surface area contributed by atoms with Crippen molar-refractivity contribution in [2.45, 2.75) is 26.2 Å². The summed E-state index contributed by atoms with van der Waals surface area (Å²) in [5.41, 5.74) is 21.0. The molecule has 0 unspecified atom stereocenters. The molecule has 2 aromatic heterocycles. The Bertz CT molecular complexity index is 6270.